The predicted octanol–water partition coefficient (Wildman–Crippen LogP) is 2.47. The second-order valence-electron chi connectivity index (χ2n) is 3.37. The maximum absolute atomic E-state index is 11.4. The highest BCUT2D eigenvalue weighted by atomic mass is 17.2. The van der Waals surface area contributed by atoms with Crippen molar-refractivity contribution >= 4 is 5.97 Å². The SMILES string of the molecule is CCCOOC(=O)C(CCC)OCCC. The van der Waals surface area contributed by atoms with Crippen molar-refractivity contribution in [2.45, 2.75) is 52.6 Å². The molecule has 4 heteroatoms. The van der Waals surface area contributed by atoms with Gasteiger partial charge in [-0.1, -0.05) is 27.2 Å². The molecule has 0 aliphatic rings. The zero-order chi connectivity index (χ0) is 11.5. The summed E-state index contributed by atoms with van der Waals surface area (Å²) in [4.78, 5) is 20.8. The fourth-order valence-corrected chi connectivity index (χ4v) is 1.03. The van der Waals surface area contributed by atoms with Gasteiger partial charge < -0.3 is 4.74 Å². The lowest BCUT2D eigenvalue weighted by Gasteiger charge is -2.14. The van der Waals surface area contributed by atoms with Crippen LogP contribution in [0.2, 0.25) is 0 Å². The van der Waals surface area contributed by atoms with Gasteiger partial charge in [-0.2, -0.15) is 4.89 Å². The summed E-state index contributed by atoms with van der Waals surface area (Å²) in [6.45, 7) is 6.96. The van der Waals surface area contributed by atoms with Crippen LogP contribution in [0, 0.1) is 0 Å². The standard InChI is InChI=1S/C11H22O4/c1-4-7-10(13-8-5-2)11(12)15-14-9-6-3/h10H,4-9H2,1-3H3. The fourth-order valence-electron chi connectivity index (χ4n) is 1.03. The Morgan fingerprint density at radius 3 is 2.27 bits per heavy atom. The van der Waals surface area contributed by atoms with Gasteiger partial charge in [-0.25, -0.2) is 4.79 Å². The summed E-state index contributed by atoms with van der Waals surface area (Å²) < 4.78 is 5.37. The molecule has 0 spiro atoms. The van der Waals surface area contributed by atoms with Crippen LogP contribution in [0.3, 0.4) is 0 Å². The molecule has 0 fully saturated rings. The Balaban J connectivity index is 3.81. The average Bonchev–Trinajstić information content (AvgIpc) is 2.24. The van der Waals surface area contributed by atoms with Gasteiger partial charge in [0.15, 0.2) is 6.10 Å². The fraction of sp³-hybridized carbons (Fsp3) is 0.909. The van der Waals surface area contributed by atoms with Crippen molar-refractivity contribution in [3.05, 3.63) is 0 Å². The number of ether oxygens (including phenoxy) is 1. The first kappa shape index (κ1) is 14.4. The first-order chi connectivity index (χ1) is 7.26. The lowest BCUT2D eigenvalue weighted by molar-refractivity contribution is -0.280. The topological polar surface area (TPSA) is 44.8 Å². The Morgan fingerprint density at radius 2 is 1.73 bits per heavy atom. The van der Waals surface area contributed by atoms with Crippen molar-refractivity contribution in [1.29, 1.82) is 0 Å². The van der Waals surface area contributed by atoms with E-state index in [-0.39, 0.29) is 0 Å². The molecule has 0 amide bonds. The minimum Gasteiger partial charge on any atom is -0.366 e. The second kappa shape index (κ2) is 9.93. The number of rotatable bonds is 9. The Hall–Kier alpha value is -0.610. The van der Waals surface area contributed by atoms with Crippen molar-refractivity contribution in [3.63, 3.8) is 0 Å². The van der Waals surface area contributed by atoms with Crippen LogP contribution in [-0.2, 0) is 19.3 Å². The van der Waals surface area contributed by atoms with Gasteiger partial charge >= 0.3 is 5.97 Å². The summed E-state index contributed by atoms with van der Waals surface area (Å²) in [5, 5.41) is 0. The molecule has 0 bridgehead atoms. The minimum absolute atomic E-state index is 0.418. The molecule has 1 atom stereocenters. The van der Waals surface area contributed by atoms with Crippen LogP contribution in [0.25, 0.3) is 0 Å². The summed E-state index contributed by atoms with van der Waals surface area (Å²) in [7, 11) is 0. The van der Waals surface area contributed by atoms with Crippen molar-refractivity contribution in [3.8, 4) is 0 Å². The number of carbonyl (C=O) groups excluding carboxylic acids is 1. The lowest BCUT2D eigenvalue weighted by Crippen LogP contribution is -2.27. The summed E-state index contributed by atoms with van der Waals surface area (Å²) in [5.74, 6) is -0.418. The summed E-state index contributed by atoms with van der Waals surface area (Å²) in [5.41, 5.74) is 0. The van der Waals surface area contributed by atoms with Crippen LogP contribution < -0.4 is 0 Å². The predicted molar refractivity (Wildman–Crippen MR) is 57.3 cm³/mol. The van der Waals surface area contributed by atoms with Gasteiger partial charge in [-0.15, -0.1) is 0 Å². The van der Waals surface area contributed by atoms with Gasteiger partial charge in [0.05, 0.1) is 6.61 Å². The van der Waals surface area contributed by atoms with Crippen molar-refractivity contribution in [2.75, 3.05) is 13.2 Å². The molecule has 0 radical (unpaired) electrons. The molecule has 0 aliphatic heterocycles. The smallest absolute Gasteiger partial charge is 0.366 e. The van der Waals surface area contributed by atoms with E-state index in [0.717, 1.165) is 19.3 Å². The molecule has 0 heterocycles. The van der Waals surface area contributed by atoms with E-state index in [4.69, 9.17) is 9.62 Å². The molecule has 0 N–H and O–H groups in total. The largest absolute Gasteiger partial charge is 0.370 e. The molecule has 0 saturated carbocycles. The molecule has 1 unspecified atom stereocenters. The van der Waals surface area contributed by atoms with Crippen molar-refractivity contribution in [2.24, 2.45) is 0 Å². The van der Waals surface area contributed by atoms with Crippen LogP contribution in [0.1, 0.15) is 46.5 Å². The van der Waals surface area contributed by atoms with Crippen LogP contribution in [-0.4, -0.2) is 25.3 Å². The average molecular weight is 218 g/mol. The van der Waals surface area contributed by atoms with E-state index in [1.54, 1.807) is 0 Å². The molecule has 90 valence electrons. The van der Waals surface area contributed by atoms with Crippen LogP contribution >= 0.6 is 0 Å². The van der Waals surface area contributed by atoms with E-state index in [0.29, 0.717) is 19.6 Å². The molecule has 4 nitrogen and oxygen atoms in total. The van der Waals surface area contributed by atoms with E-state index in [9.17, 15) is 4.79 Å². The molecule has 0 aliphatic carbocycles. The van der Waals surface area contributed by atoms with Crippen LogP contribution in [0.4, 0.5) is 0 Å². The first-order valence-electron chi connectivity index (χ1n) is 5.71. The van der Waals surface area contributed by atoms with Gasteiger partial charge in [-0.3, -0.25) is 4.89 Å². The van der Waals surface area contributed by atoms with E-state index in [2.05, 4.69) is 4.89 Å². The highest BCUT2D eigenvalue weighted by Crippen LogP contribution is 2.05. The third-order valence-electron chi connectivity index (χ3n) is 1.77. The highest BCUT2D eigenvalue weighted by molar-refractivity contribution is 5.74. The van der Waals surface area contributed by atoms with Crippen molar-refractivity contribution < 1.29 is 19.3 Å². The van der Waals surface area contributed by atoms with Crippen LogP contribution in [0.15, 0.2) is 0 Å². The molecular formula is C11H22O4. The van der Waals surface area contributed by atoms with Gasteiger partial charge in [0.25, 0.3) is 0 Å². The Bertz CT molecular complexity index is 159. The number of carbonyl (C=O) groups is 1. The molecule has 0 saturated heterocycles. The third kappa shape index (κ3) is 7.33. The molecule has 15 heavy (non-hydrogen) atoms. The minimum atomic E-state index is -0.480. The number of hydrogen-bond donors (Lipinski definition) is 0. The summed E-state index contributed by atoms with van der Waals surface area (Å²) in [6, 6.07) is 0. The molecule has 0 aromatic carbocycles. The van der Waals surface area contributed by atoms with Crippen LogP contribution in [0.5, 0.6) is 0 Å². The maximum atomic E-state index is 11.4. The number of hydrogen-bond acceptors (Lipinski definition) is 4. The quantitative estimate of drug-likeness (QED) is 0.339. The lowest BCUT2D eigenvalue weighted by atomic mass is 10.2. The highest BCUT2D eigenvalue weighted by Gasteiger charge is 2.20. The normalized spacial score (nSPS) is 12.5. The third-order valence-corrected chi connectivity index (χ3v) is 1.77. The van der Waals surface area contributed by atoms with Crippen molar-refractivity contribution in [1.82, 2.24) is 0 Å². The maximum Gasteiger partial charge on any atom is 0.370 e. The Labute approximate surface area is 91.8 Å². The monoisotopic (exact) mass is 218 g/mol. The summed E-state index contributed by atoms with van der Waals surface area (Å²) in [6.07, 6.45) is 2.79. The molecular weight excluding hydrogens is 196 g/mol. The molecule has 0 aromatic rings. The van der Waals surface area contributed by atoms with E-state index in [1.165, 1.54) is 0 Å². The zero-order valence-corrected chi connectivity index (χ0v) is 9.95. The zero-order valence-electron chi connectivity index (χ0n) is 9.95. The van der Waals surface area contributed by atoms with Gasteiger partial charge in [0.2, 0.25) is 0 Å². The van der Waals surface area contributed by atoms with Gasteiger partial charge in [0.1, 0.15) is 0 Å². The summed E-state index contributed by atoms with van der Waals surface area (Å²) >= 11 is 0. The molecule has 0 rings (SSSR count). The van der Waals surface area contributed by atoms with E-state index < -0.39 is 12.1 Å². The Morgan fingerprint density at radius 1 is 1.07 bits per heavy atom. The van der Waals surface area contributed by atoms with Gasteiger partial charge in [0, 0.05) is 6.61 Å². The molecule has 0 aromatic heterocycles. The second-order valence-corrected chi connectivity index (χ2v) is 3.37. The van der Waals surface area contributed by atoms with E-state index in [1.807, 2.05) is 20.8 Å². The van der Waals surface area contributed by atoms with E-state index >= 15 is 0 Å². The first-order valence-corrected chi connectivity index (χ1v) is 5.71. The Kier molecular flexibility index (Phi) is 9.52. The van der Waals surface area contributed by atoms with Gasteiger partial charge in [-0.05, 0) is 19.3 Å².